The van der Waals surface area contributed by atoms with Gasteiger partial charge < -0.3 is 9.64 Å². The smallest absolute Gasteiger partial charge is 0.342 e. The van der Waals surface area contributed by atoms with Gasteiger partial charge in [0.25, 0.3) is 0 Å². The molecule has 3 aromatic rings. The quantitative estimate of drug-likeness (QED) is 0.501. The number of rotatable bonds is 5. The molecule has 1 saturated heterocycles. The first kappa shape index (κ1) is 20.1. The molecule has 1 aliphatic rings. The lowest BCUT2D eigenvalue weighted by molar-refractivity contribution is 0.0527. The molecule has 4 heteroatoms. The van der Waals surface area contributed by atoms with Crippen molar-refractivity contribution in [3.8, 4) is 22.4 Å². The Morgan fingerprint density at radius 3 is 2.33 bits per heavy atom. The highest BCUT2D eigenvalue weighted by molar-refractivity contribution is 6.03. The van der Waals surface area contributed by atoms with E-state index in [-0.39, 0.29) is 5.97 Å². The van der Waals surface area contributed by atoms with Crippen LogP contribution < -0.4 is 4.90 Å². The molecule has 2 heterocycles. The van der Waals surface area contributed by atoms with Crippen molar-refractivity contribution in [1.82, 2.24) is 4.98 Å². The molecule has 0 spiro atoms. The zero-order valence-corrected chi connectivity index (χ0v) is 17.7. The van der Waals surface area contributed by atoms with Crippen molar-refractivity contribution in [2.75, 3.05) is 24.6 Å². The summed E-state index contributed by atoms with van der Waals surface area (Å²) < 4.78 is 5.49. The van der Waals surface area contributed by atoms with Crippen LogP contribution in [0.1, 0.15) is 42.1 Å². The summed E-state index contributed by atoms with van der Waals surface area (Å²) in [6, 6.07) is 20.5. The van der Waals surface area contributed by atoms with E-state index in [1.165, 1.54) is 12.0 Å². The zero-order valence-electron chi connectivity index (χ0n) is 17.7. The first-order valence-electron chi connectivity index (χ1n) is 10.8. The first-order valence-corrected chi connectivity index (χ1v) is 10.8. The average molecular weight is 401 g/mol. The monoisotopic (exact) mass is 400 g/mol. The number of aromatic nitrogens is 1. The molecule has 1 aromatic heterocycles. The fourth-order valence-electron chi connectivity index (χ4n) is 3.99. The Labute approximate surface area is 178 Å². The Kier molecular flexibility index (Phi) is 6.12. The number of carbonyl (C=O) groups is 1. The molecule has 0 amide bonds. The van der Waals surface area contributed by atoms with Crippen molar-refractivity contribution >= 4 is 11.8 Å². The third kappa shape index (κ3) is 4.23. The predicted octanol–water partition coefficient (Wildman–Crippen LogP) is 5.89. The molecule has 0 aliphatic carbocycles. The van der Waals surface area contributed by atoms with Crippen LogP contribution in [0.5, 0.6) is 0 Å². The standard InChI is InChI=1S/C26H28N2O2/c1-3-30-26(29)24-22(20-14-12-19(2)13-15-20)18-23(21-10-6-4-7-11-21)27-25(24)28-16-8-5-9-17-28/h4,6-7,10-15,18H,3,5,8-9,16-17H2,1-2H3. The molecular formula is C26H28N2O2. The molecule has 0 radical (unpaired) electrons. The summed E-state index contributed by atoms with van der Waals surface area (Å²) in [4.78, 5) is 20.4. The van der Waals surface area contributed by atoms with Crippen molar-refractivity contribution < 1.29 is 9.53 Å². The van der Waals surface area contributed by atoms with E-state index in [1.807, 2.05) is 31.2 Å². The van der Waals surface area contributed by atoms with E-state index < -0.39 is 0 Å². The molecule has 0 saturated carbocycles. The third-order valence-electron chi connectivity index (χ3n) is 5.57. The molecule has 30 heavy (non-hydrogen) atoms. The summed E-state index contributed by atoms with van der Waals surface area (Å²) in [7, 11) is 0. The number of aryl methyl sites for hydroxylation is 1. The minimum Gasteiger partial charge on any atom is -0.462 e. The van der Waals surface area contributed by atoms with Gasteiger partial charge in [0.15, 0.2) is 0 Å². The van der Waals surface area contributed by atoms with Gasteiger partial charge in [0.2, 0.25) is 0 Å². The Morgan fingerprint density at radius 2 is 1.67 bits per heavy atom. The number of piperidine rings is 1. The van der Waals surface area contributed by atoms with E-state index in [4.69, 9.17) is 9.72 Å². The lowest BCUT2D eigenvalue weighted by atomic mass is 9.96. The van der Waals surface area contributed by atoms with Gasteiger partial charge in [0.1, 0.15) is 11.4 Å². The minimum absolute atomic E-state index is 0.305. The van der Waals surface area contributed by atoms with Crippen LogP contribution in [0.15, 0.2) is 60.7 Å². The first-order chi connectivity index (χ1) is 14.7. The predicted molar refractivity (Wildman–Crippen MR) is 122 cm³/mol. The van der Waals surface area contributed by atoms with Gasteiger partial charge in [-0.15, -0.1) is 0 Å². The number of pyridine rings is 1. The van der Waals surface area contributed by atoms with E-state index in [0.29, 0.717) is 12.2 Å². The number of esters is 1. The van der Waals surface area contributed by atoms with E-state index >= 15 is 0 Å². The molecule has 1 aliphatic heterocycles. The Hall–Kier alpha value is -3.14. The highest BCUT2D eigenvalue weighted by Crippen LogP contribution is 2.36. The molecule has 0 atom stereocenters. The van der Waals surface area contributed by atoms with Crippen molar-refractivity contribution in [2.45, 2.75) is 33.1 Å². The topological polar surface area (TPSA) is 42.4 Å². The summed E-state index contributed by atoms with van der Waals surface area (Å²) >= 11 is 0. The molecule has 0 N–H and O–H groups in total. The minimum atomic E-state index is -0.305. The van der Waals surface area contributed by atoms with Crippen LogP contribution in [0, 0.1) is 6.92 Å². The lowest BCUT2D eigenvalue weighted by Gasteiger charge is -2.30. The number of hydrogen-bond donors (Lipinski definition) is 0. The van der Waals surface area contributed by atoms with Crippen LogP contribution in [0.2, 0.25) is 0 Å². The normalized spacial score (nSPS) is 13.9. The molecule has 1 fully saturated rings. The Balaban J connectivity index is 1.96. The van der Waals surface area contributed by atoms with E-state index in [2.05, 4.69) is 48.2 Å². The molecule has 0 unspecified atom stereocenters. The summed E-state index contributed by atoms with van der Waals surface area (Å²) in [6.45, 7) is 6.06. The average Bonchev–Trinajstić information content (AvgIpc) is 2.80. The maximum Gasteiger partial charge on any atom is 0.342 e. The molecule has 154 valence electrons. The number of hydrogen-bond acceptors (Lipinski definition) is 4. The van der Waals surface area contributed by atoms with E-state index in [0.717, 1.165) is 54.1 Å². The second-order valence-corrected chi connectivity index (χ2v) is 7.75. The van der Waals surface area contributed by atoms with E-state index in [9.17, 15) is 4.79 Å². The zero-order chi connectivity index (χ0) is 20.9. The molecular weight excluding hydrogens is 372 g/mol. The van der Waals surface area contributed by atoms with Gasteiger partial charge in [-0.1, -0.05) is 60.2 Å². The second-order valence-electron chi connectivity index (χ2n) is 7.75. The maximum atomic E-state index is 13.1. The fraction of sp³-hybridized carbons (Fsp3) is 0.308. The van der Waals surface area contributed by atoms with Crippen molar-refractivity contribution in [3.05, 3.63) is 71.8 Å². The van der Waals surface area contributed by atoms with Gasteiger partial charge in [-0.25, -0.2) is 9.78 Å². The van der Waals surface area contributed by atoms with Gasteiger partial charge >= 0.3 is 5.97 Å². The number of nitrogens with zero attached hydrogens (tertiary/aromatic N) is 2. The molecule has 4 nitrogen and oxygen atoms in total. The van der Waals surface area contributed by atoms with Crippen molar-refractivity contribution in [1.29, 1.82) is 0 Å². The van der Waals surface area contributed by atoms with Crippen LogP contribution in [0.25, 0.3) is 22.4 Å². The van der Waals surface area contributed by atoms with Gasteiger partial charge in [0, 0.05) is 24.2 Å². The Morgan fingerprint density at radius 1 is 0.967 bits per heavy atom. The van der Waals surface area contributed by atoms with E-state index in [1.54, 1.807) is 0 Å². The van der Waals surface area contributed by atoms with Gasteiger partial charge in [0.05, 0.1) is 12.3 Å². The van der Waals surface area contributed by atoms with Gasteiger partial charge in [-0.05, 0) is 44.7 Å². The van der Waals surface area contributed by atoms with Crippen molar-refractivity contribution in [2.24, 2.45) is 0 Å². The van der Waals surface area contributed by atoms with Gasteiger partial charge in [-0.3, -0.25) is 0 Å². The second kappa shape index (κ2) is 9.12. The highest BCUT2D eigenvalue weighted by atomic mass is 16.5. The number of carbonyl (C=O) groups excluding carboxylic acids is 1. The SMILES string of the molecule is CCOC(=O)c1c(-c2ccc(C)cc2)cc(-c2ccccc2)nc1N1CCCCC1. The highest BCUT2D eigenvalue weighted by Gasteiger charge is 2.26. The fourth-order valence-corrected chi connectivity index (χ4v) is 3.99. The summed E-state index contributed by atoms with van der Waals surface area (Å²) in [5.74, 6) is 0.436. The Bertz CT molecular complexity index is 1010. The third-order valence-corrected chi connectivity index (χ3v) is 5.57. The summed E-state index contributed by atoms with van der Waals surface area (Å²) in [5, 5.41) is 0. The summed E-state index contributed by atoms with van der Waals surface area (Å²) in [6.07, 6.45) is 3.44. The van der Waals surface area contributed by atoms with Crippen LogP contribution in [-0.4, -0.2) is 30.6 Å². The van der Waals surface area contributed by atoms with Crippen LogP contribution in [-0.2, 0) is 4.74 Å². The number of anilines is 1. The molecule has 0 bridgehead atoms. The van der Waals surface area contributed by atoms with Crippen molar-refractivity contribution in [3.63, 3.8) is 0 Å². The van der Waals surface area contributed by atoms with Gasteiger partial charge in [-0.2, -0.15) is 0 Å². The molecule has 4 rings (SSSR count). The lowest BCUT2D eigenvalue weighted by Crippen LogP contribution is -2.32. The van der Waals surface area contributed by atoms with Crippen LogP contribution >= 0.6 is 0 Å². The largest absolute Gasteiger partial charge is 0.462 e. The summed E-state index contributed by atoms with van der Waals surface area (Å²) in [5.41, 5.74) is 5.55. The maximum absolute atomic E-state index is 13.1. The van der Waals surface area contributed by atoms with Crippen LogP contribution in [0.4, 0.5) is 5.82 Å². The van der Waals surface area contributed by atoms with Crippen LogP contribution in [0.3, 0.4) is 0 Å². The molecule has 2 aromatic carbocycles. The number of benzene rings is 2. The number of ether oxygens (including phenoxy) is 1.